The van der Waals surface area contributed by atoms with Crippen molar-refractivity contribution in [2.45, 2.75) is 290 Å². The fraction of sp³-hybridized carbons (Fsp3) is 0.783. The molecular formula is C60H106O6. The Morgan fingerprint density at radius 2 is 0.591 bits per heavy atom. The van der Waals surface area contributed by atoms with E-state index in [4.69, 9.17) is 14.2 Å². The molecule has 1 atom stereocenters. The van der Waals surface area contributed by atoms with Gasteiger partial charge in [-0.3, -0.25) is 14.4 Å². The monoisotopic (exact) mass is 923 g/mol. The lowest BCUT2D eigenvalue weighted by molar-refractivity contribution is -0.167. The maximum absolute atomic E-state index is 12.8. The van der Waals surface area contributed by atoms with Crippen LogP contribution in [-0.2, 0) is 28.6 Å². The van der Waals surface area contributed by atoms with Crippen molar-refractivity contribution in [1.29, 1.82) is 0 Å². The molecule has 0 saturated carbocycles. The molecule has 66 heavy (non-hydrogen) atoms. The van der Waals surface area contributed by atoms with Crippen molar-refractivity contribution in [1.82, 2.24) is 0 Å². The molecule has 0 radical (unpaired) electrons. The summed E-state index contributed by atoms with van der Waals surface area (Å²) in [6, 6.07) is 0. The average molecular weight is 924 g/mol. The molecule has 0 heterocycles. The van der Waals surface area contributed by atoms with E-state index in [1.54, 1.807) is 0 Å². The van der Waals surface area contributed by atoms with Gasteiger partial charge in [0.15, 0.2) is 6.10 Å². The Morgan fingerprint density at radius 1 is 0.318 bits per heavy atom. The van der Waals surface area contributed by atoms with Crippen molar-refractivity contribution in [2.75, 3.05) is 13.2 Å². The highest BCUT2D eigenvalue weighted by molar-refractivity contribution is 5.71. The van der Waals surface area contributed by atoms with Gasteiger partial charge < -0.3 is 14.2 Å². The second-order valence-corrected chi connectivity index (χ2v) is 18.8. The molecule has 0 aliphatic rings. The average Bonchev–Trinajstić information content (AvgIpc) is 3.31. The van der Waals surface area contributed by atoms with Crippen molar-refractivity contribution >= 4 is 17.9 Å². The Bertz CT molecular complexity index is 1200. The number of hydrogen-bond donors (Lipinski definition) is 0. The molecule has 0 aliphatic heterocycles. The molecule has 0 spiro atoms. The van der Waals surface area contributed by atoms with E-state index in [0.29, 0.717) is 19.3 Å². The predicted molar refractivity (Wildman–Crippen MR) is 284 cm³/mol. The van der Waals surface area contributed by atoms with Crippen LogP contribution in [0.5, 0.6) is 0 Å². The standard InChI is InChI=1S/C60H106O6/c1-4-7-10-13-16-19-22-25-28-30-32-35-38-41-44-47-50-53-59(62)65-56-57(55-64-58(61)52-49-46-43-40-37-34-27-24-21-18-15-12-9-6-3)66-60(63)54-51-48-45-42-39-36-33-31-29-26-23-20-17-14-11-8-5-2/h7,10,16,19,24-29,57H,4-6,8-9,11-15,17-18,20-23,30-56H2,1-3H3/b10-7-,19-16-,27-24-,28-25-,29-26-. The SMILES string of the molecule is CC/C=C\C/C=C\C/C=C\CCCCCCCCCC(=O)OCC(COC(=O)CCCCCCC/C=C\CCCCCCC)OC(=O)CCCCCCCCC/C=C\CCCCCCCC. The van der Waals surface area contributed by atoms with E-state index in [9.17, 15) is 14.4 Å². The summed E-state index contributed by atoms with van der Waals surface area (Å²) in [5, 5.41) is 0. The molecule has 0 aromatic rings. The summed E-state index contributed by atoms with van der Waals surface area (Å²) in [7, 11) is 0. The topological polar surface area (TPSA) is 78.9 Å². The number of rotatable bonds is 51. The van der Waals surface area contributed by atoms with Gasteiger partial charge in [0.1, 0.15) is 13.2 Å². The van der Waals surface area contributed by atoms with E-state index in [1.165, 1.54) is 154 Å². The van der Waals surface area contributed by atoms with Crippen molar-refractivity contribution in [3.05, 3.63) is 60.8 Å². The van der Waals surface area contributed by atoms with Crippen molar-refractivity contribution < 1.29 is 28.6 Å². The van der Waals surface area contributed by atoms with Crippen LogP contribution in [0.25, 0.3) is 0 Å². The smallest absolute Gasteiger partial charge is 0.306 e. The fourth-order valence-corrected chi connectivity index (χ4v) is 7.98. The van der Waals surface area contributed by atoms with Crippen LogP contribution < -0.4 is 0 Å². The third-order valence-corrected chi connectivity index (χ3v) is 12.2. The van der Waals surface area contributed by atoms with Gasteiger partial charge in [-0.2, -0.15) is 0 Å². The summed E-state index contributed by atoms with van der Waals surface area (Å²) < 4.78 is 16.8. The molecule has 0 aromatic heterocycles. The van der Waals surface area contributed by atoms with Gasteiger partial charge in [-0.05, 0) is 103 Å². The second kappa shape index (κ2) is 54.7. The summed E-state index contributed by atoms with van der Waals surface area (Å²) >= 11 is 0. The lowest BCUT2D eigenvalue weighted by Crippen LogP contribution is -2.30. The van der Waals surface area contributed by atoms with E-state index in [2.05, 4.69) is 81.5 Å². The normalized spacial score (nSPS) is 12.5. The molecule has 0 fully saturated rings. The number of unbranched alkanes of at least 4 members (excludes halogenated alkanes) is 30. The van der Waals surface area contributed by atoms with Gasteiger partial charge in [-0.1, -0.05) is 223 Å². The largest absolute Gasteiger partial charge is 0.462 e. The highest BCUT2D eigenvalue weighted by atomic mass is 16.6. The molecule has 0 bridgehead atoms. The van der Waals surface area contributed by atoms with Crippen LogP contribution in [0, 0.1) is 0 Å². The maximum atomic E-state index is 12.8. The first-order valence-corrected chi connectivity index (χ1v) is 28.3. The number of hydrogen-bond acceptors (Lipinski definition) is 6. The number of esters is 3. The quantitative estimate of drug-likeness (QED) is 0.0262. The van der Waals surface area contributed by atoms with Gasteiger partial charge in [-0.25, -0.2) is 0 Å². The highest BCUT2D eigenvalue weighted by Crippen LogP contribution is 2.15. The first-order chi connectivity index (χ1) is 32.5. The number of carbonyl (C=O) groups is 3. The van der Waals surface area contributed by atoms with Gasteiger partial charge in [-0.15, -0.1) is 0 Å². The zero-order valence-electron chi connectivity index (χ0n) is 43.7. The molecule has 0 amide bonds. The summed E-state index contributed by atoms with van der Waals surface area (Å²) in [5.74, 6) is -0.895. The van der Waals surface area contributed by atoms with Gasteiger partial charge in [0.05, 0.1) is 0 Å². The molecule has 382 valence electrons. The van der Waals surface area contributed by atoms with Gasteiger partial charge in [0.25, 0.3) is 0 Å². The van der Waals surface area contributed by atoms with Crippen LogP contribution in [0.3, 0.4) is 0 Å². The lowest BCUT2D eigenvalue weighted by atomic mass is 10.1. The second-order valence-electron chi connectivity index (χ2n) is 18.8. The van der Waals surface area contributed by atoms with E-state index < -0.39 is 6.10 Å². The van der Waals surface area contributed by atoms with E-state index in [-0.39, 0.29) is 31.1 Å². The minimum atomic E-state index is -0.783. The van der Waals surface area contributed by atoms with Crippen molar-refractivity contribution in [3.8, 4) is 0 Å². The van der Waals surface area contributed by atoms with Gasteiger partial charge in [0, 0.05) is 19.3 Å². The highest BCUT2D eigenvalue weighted by Gasteiger charge is 2.19. The van der Waals surface area contributed by atoms with Crippen LogP contribution in [0.2, 0.25) is 0 Å². The van der Waals surface area contributed by atoms with Crippen LogP contribution in [-0.4, -0.2) is 37.2 Å². The Balaban J connectivity index is 4.40. The Hall–Kier alpha value is -2.89. The van der Waals surface area contributed by atoms with Gasteiger partial charge in [0.2, 0.25) is 0 Å². The molecule has 6 nitrogen and oxygen atoms in total. The molecule has 0 aromatic carbocycles. The first kappa shape index (κ1) is 63.1. The molecule has 6 heteroatoms. The minimum Gasteiger partial charge on any atom is -0.462 e. The van der Waals surface area contributed by atoms with Crippen LogP contribution in [0.1, 0.15) is 284 Å². The molecule has 1 unspecified atom stereocenters. The first-order valence-electron chi connectivity index (χ1n) is 28.3. The minimum absolute atomic E-state index is 0.0825. The zero-order valence-corrected chi connectivity index (χ0v) is 43.7. The van der Waals surface area contributed by atoms with Crippen LogP contribution in [0.4, 0.5) is 0 Å². The van der Waals surface area contributed by atoms with Gasteiger partial charge >= 0.3 is 17.9 Å². The third kappa shape index (κ3) is 52.1. The molecule has 0 saturated heterocycles. The van der Waals surface area contributed by atoms with Crippen molar-refractivity contribution in [2.24, 2.45) is 0 Å². The molecule has 0 rings (SSSR count). The third-order valence-electron chi connectivity index (χ3n) is 12.2. The van der Waals surface area contributed by atoms with E-state index in [0.717, 1.165) is 89.9 Å². The van der Waals surface area contributed by atoms with E-state index in [1.807, 2.05) is 0 Å². The molecular weight excluding hydrogens is 817 g/mol. The predicted octanol–water partition coefficient (Wildman–Crippen LogP) is 18.8. The van der Waals surface area contributed by atoms with Crippen LogP contribution in [0.15, 0.2) is 60.8 Å². The summed E-state index contributed by atoms with van der Waals surface area (Å²) in [4.78, 5) is 38.1. The Morgan fingerprint density at radius 3 is 0.939 bits per heavy atom. The van der Waals surface area contributed by atoms with Crippen molar-refractivity contribution in [3.63, 3.8) is 0 Å². The van der Waals surface area contributed by atoms with Crippen LogP contribution >= 0.6 is 0 Å². The fourth-order valence-electron chi connectivity index (χ4n) is 7.98. The Labute approximate surface area is 409 Å². The maximum Gasteiger partial charge on any atom is 0.306 e. The van der Waals surface area contributed by atoms with E-state index >= 15 is 0 Å². The summed E-state index contributed by atoms with van der Waals surface area (Å²) in [5.41, 5.74) is 0. The zero-order chi connectivity index (χ0) is 47.9. The number of carbonyl (C=O) groups excluding carboxylic acids is 3. The Kier molecular flexibility index (Phi) is 52.3. The molecule has 0 N–H and O–H groups in total. The molecule has 0 aliphatic carbocycles. The number of ether oxygens (including phenoxy) is 3. The lowest BCUT2D eigenvalue weighted by Gasteiger charge is -2.18. The summed E-state index contributed by atoms with van der Waals surface area (Å²) in [6.45, 7) is 6.52. The summed E-state index contributed by atoms with van der Waals surface area (Å²) in [6.07, 6.45) is 67.7. The number of allylic oxidation sites excluding steroid dienone is 10.